The van der Waals surface area contributed by atoms with Crippen molar-refractivity contribution in [1.82, 2.24) is 14.8 Å². The highest BCUT2D eigenvalue weighted by Gasteiger charge is 2.29. The van der Waals surface area contributed by atoms with Gasteiger partial charge >= 0.3 is 6.09 Å². The van der Waals surface area contributed by atoms with E-state index in [1.807, 2.05) is 33.9 Å². The third kappa shape index (κ3) is 5.70. The Kier molecular flexibility index (Phi) is 6.90. The fraction of sp³-hybridized carbons (Fsp3) is 0.667. The molecule has 1 aliphatic heterocycles. The van der Waals surface area contributed by atoms with Crippen LogP contribution in [-0.4, -0.2) is 59.8 Å². The molecule has 0 radical (unpaired) electrons. The summed E-state index contributed by atoms with van der Waals surface area (Å²) in [4.78, 5) is 20.7. The summed E-state index contributed by atoms with van der Waals surface area (Å²) in [5.41, 5.74) is 0.670. The number of carbonyl (C=O) groups excluding carboxylic acids is 1. The van der Waals surface area contributed by atoms with Crippen molar-refractivity contribution in [2.75, 3.05) is 27.2 Å². The standard InChI is InChI=1S/C18H28IN3O3/c1-18(2,3)25-17(23)21(4)13-7-10-22(11-8-13)12-14-15(19)6-9-20-16(14)24-5/h6,9,13H,7-8,10-12H2,1-5H3. The van der Waals surface area contributed by atoms with Gasteiger partial charge in [0.15, 0.2) is 0 Å². The maximum Gasteiger partial charge on any atom is 0.410 e. The molecule has 6 nitrogen and oxygen atoms in total. The smallest absolute Gasteiger partial charge is 0.410 e. The topological polar surface area (TPSA) is 54.9 Å². The number of halogens is 1. The highest BCUT2D eigenvalue weighted by Crippen LogP contribution is 2.25. The molecule has 140 valence electrons. The first-order valence-corrected chi connectivity index (χ1v) is 9.64. The van der Waals surface area contributed by atoms with E-state index in [4.69, 9.17) is 9.47 Å². The van der Waals surface area contributed by atoms with E-state index in [-0.39, 0.29) is 12.1 Å². The molecule has 0 spiro atoms. The van der Waals surface area contributed by atoms with E-state index in [0.29, 0.717) is 5.88 Å². The van der Waals surface area contributed by atoms with Gasteiger partial charge in [-0.15, -0.1) is 0 Å². The zero-order valence-corrected chi connectivity index (χ0v) is 17.9. The van der Waals surface area contributed by atoms with Crippen LogP contribution in [0.4, 0.5) is 4.79 Å². The van der Waals surface area contributed by atoms with Crippen molar-refractivity contribution in [3.05, 3.63) is 21.4 Å². The lowest BCUT2D eigenvalue weighted by molar-refractivity contribution is 0.0148. The maximum absolute atomic E-state index is 12.2. The first-order valence-electron chi connectivity index (χ1n) is 8.57. The number of hydrogen-bond donors (Lipinski definition) is 0. The molecule has 1 aliphatic rings. The quantitative estimate of drug-likeness (QED) is 0.643. The molecule has 7 heteroatoms. The fourth-order valence-corrected chi connectivity index (χ4v) is 3.50. The van der Waals surface area contributed by atoms with Crippen LogP contribution in [-0.2, 0) is 11.3 Å². The van der Waals surface area contributed by atoms with Gasteiger partial charge in [-0.1, -0.05) is 0 Å². The summed E-state index contributed by atoms with van der Waals surface area (Å²) >= 11 is 2.33. The number of piperidine rings is 1. The Morgan fingerprint density at radius 3 is 2.60 bits per heavy atom. The Morgan fingerprint density at radius 2 is 2.04 bits per heavy atom. The van der Waals surface area contributed by atoms with Gasteiger partial charge < -0.3 is 14.4 Å². The van der Waals surface area contributed by atoms with Gasteiger partial charge in [-0.05, 0) is 62.3 Å². The highest BCUT2D eigenvalue weighted by atomic mass is 127. The van der Waals surface area contributed by atoms with Gasteiger partial charge in [-0.2, -0.15) is 0 Å². The number of pyridine rings is 1. The van der Waals surface area contributed by atoms with Crippen molar-refractivity contribution in [3.8, 4) is 5.88 Å². The second-order valence-electron chi connectivity index (χ2n) is 7.38. The van der Waals surface area contributed by atoms with E-state index in [2.05, 4.69) is 32.5 Å². The van der Waals surface area contributed by atoms with Gasteiger partial charge in [-0.25, -0.2) is 9.78 Å². The van der Waals surface area contributed by atoms with Crippen molar-refractivity contribution in [1.29, 1.82) is 0 Å². The molecular weight excluding hydrogens is 433 g/mol. The van der Waals surface area contributed by atoms with Crippen molar-refractivity contribution in [2.45, 2.75) is 51.8 Å². The number of carbonyl (C=O) groups is 1. The molecule has 25 heavy (non-hydrogen) atoms. The SMILES string of the molecule is COc1nccc(I)c1CN1CCC(N(C)C(=O)OC(C)(C)C)CC1. The van der Waals surface area contributed by atoms with E-state index in [1.165, 1.54) is 0 Å². The molecule has 0 aliphatic carbocycles. The number of nitrogens with zero attached hydrogens (tertiary/aromatic N) is 3. The minimum Gasteiger partial charge on any atom is -0.481 e. The minimum absolute atomic E-state index is 0.223. The molecule has 0 unspecified atom stereocenters. The summed E-state index contributed by atoms with van der Waals surface area (Å²) in [6, 6.07) is 2.22. The molecule has 0 saturated carbocycles. The molecule has 1 saturated heterocycles. The van der Waals surface area contributed by atoms with Crippen LogP contribution < -0.4 is 4.74 Å². The Labute approximate surface area is 164 Å². The lowest BCUT2D eigenvalue weighted by atomic mass is 10.0. The Balaban J connectivity index is 1.91. The summed E-state index contributed by atoms with van der Waals surface area (Å²) in [5.74, 6) is 0.694. The van der Waals surface area contributed by atoms with E-state index in [1.54, 1.807) is 18.2 Å². The number of ether oxygens (including phenoxy) is 2. The van der Waals surface area contributed by atoms with Crippen LogP contribution in [0.5, 0.6) is 5.88 Å². The molecule has 1 aromatic rings. The van der Waals surface area contributed by atoms with Crippen LogP contribution in [0.15, 0.2) is 12.3 Å². The molecule has 0 N–H and O–H groups in total. The summed E-state index contributed by atoms with van der Waals surface area (Å²) in [6.45, 7) is 8.37. The van der Waals surface area contributed by atoms with Crippen LogP contribution in [0.3, 0.4) is 0 Å². The summed E-state index contributed by atoms with van der Waals surface area (Å²) in [5, 5.41) is 0. The number of rotatable bonds is 4. The Bertz CT molecular complexity index is 596. The van der Waals surface area contributed by atoms with Gasteiger partial charge in [0, 0.05) is 48.1 Å². The molecule has 0 bridgehead atoms. The molecular formula is C18H28IN3O3. The first-order chi connectivity index (χ1) is 11.7. The second kappa shape index (κ2) is 8.53. The third-order valence-electron chi connectivity index (χ3n) is 4.32. The zero-order valence-electron chi connectivity index (χ0n) is 15.7. The lowest BCUT2D eigenvalue weighted by Crippen LogP contribution is -2.46. The number of aromatic nitrogens is 1. The predicted octanol–water partition coefficient (Wildman–Crippen LogP) is 3.53. The molecule has 2 heterocycles. The molecule has 1 amide bonds. The van der Waals surface area contributed by atoms with Gasteiger partial charge in [0.25, 0.3) is 0 Å². The van der Waals surface area contributed by atoms with Gasteiger partial charge in [-0.3, -0.25) is 4.90 Å². The largest absolute Gasteiger partial charge is 0.481 e. The van der Waals surface area contributed by atoms with Gasteiger partial charge in [0.2, 0.25) is 5.88 Å². The summed E-state index contributed by atoms with van der Waals surface area (Å²) in [6.07, 6.45) is 3.41. The van der Waals surface area contributed by atoms with Gasteiger partial charge in [0.05, 0.1) is 7.11 Å². The minimum atomic E-state index is -0.459. The molecule has 1 aromatic heterocycles. The van der Waals surface area contributed by atoms with Crippen molar-refractivity contribution < 1.29 is 14.3 Å². The molecule has 2 rings (SSSR count). The Morgan fingerprint density at radius 1 is 1.40 bits per heavy atom. The highest BCUT2D eigenvalue weighted by molar-refractivity contribution is 14.1. The van der Waals surface area contributed by atoms with Crippen molar-refractivity contribution in [2.24, 2.45) is 0 Å². The number of likely N-dealkylation sites (tertiary alicyclic amines) is 1. The predicted molar refractivity (Wildman–Crippen MR) is 106 cm³/mol. The van der Waals surface area contributed by atoms with Crippen molar-refractivity contribution in [3.63, 3.8) is 0 Å². The van der Waals surface area contributed by atoms with E-state index < -0.39 is 5.60 Å². The Hall–Kier alpha value is -1.09. The average Bonchev–Trinajstić information content (AvgIpc) is 2.55. The summed E-state index contributed by atoms with van der Waals surface area (Å²) in [7, 11) is 3.49. The molecule has 0 aromatic carbocycles. The fourth-order valence-electron chi connectivity index (χ4n) is 2.94. The average molecular weight is 461 g/mol. The summed E-state index contributed by atoms with van der Waals surface area (Å²) < 4.78 is 12.0. The van der Waals surface area contributed by atoms with Crippen LogP contribution in [0.25, 0.3) is 0 Å². The van der Waals surface area contributed by atoms with Crippen LogP contribution >= 0.6 is 22.6 Å². The van der Waals surface area contributed by atoms with Crippen LogP contribution in [0.1, 0.15) is 39.2 Å². The normalized spacial score (nSPS) is 16.6. The third-order valence-corrected chi connectivity index (χ3v) is 5.33. The van der Waals surface area contributed by atoms with E-state index in [9.17, 15) is 4.79 Å². The van der Waals surface area contributed by atoms with Crippen LogP contribution in [0, 0.1) is 3.57 Å². The maximum atomic E-state index is 12.2. The number of hydrogen-bond acceptors (Lipinski definition) is 5. The van der Waals surface area contributed by atoms with Crippen LogP contribution in [0.2, 0.25) is 0 Å². The molecule has 0 atom stereocenters. The number of amides is 1. The van der Waals surface area contributed by atoms with E-state index >= 15 is 0 Å². The second-order valence-corrected chi connectivity index (χ2v) is 8.54. The van der Waals surface area contributed by atoms with Gasteiger partial charge in [0.1, 0.15) is 5.60 Å². The van der Waals surface area contributed by atoms with Crippen molar-refractivity contribution >= 4 is 28.7 Å². The monoisotopic (exact) mass is 461 g/mol. The lowest BCUT2D eigenvalue weighted by Gasteiger charge is -2.37. The molecule has 1 fully saturated rings. The number of methoxy groups -OCH3 is 1. The zero-order chi connectivity index (χ0) is 18.6. The first kappa shape index (κ1) is 20.2. The van der Waals surface area contributed by atoms with E-state index in [0.717, 1.165) is 41.6 Å².